The molecule has 0 radical (unpaired) electrons. The summed E-state index contributed by atoms with van der Waals surface area (Å²) in [6, 6.07) is 6.73. The molecule has 0 spiro atoms. The van der Waals surface area contributed by atoms with E-state index in [0.717, 1.165) is 50.5 Å². The predicted octanol–water partition coefficient (Wildman–Crippen LogP) is 3.85. The van der Waals surface area contributed by atoms with Crippen molar-refractivity contribution in [1.82, 2.24) is 10.2 Å². The average Bonchev–Trinajstić information content (AvgIpc) is 2.57. The molecule has 0 unspecified atom stereocenters. The van der Waals surface area contributed by atoms with Crippen LogP contribution in [0.15, 0.2) is 30.9 Å². The Bertz CT molecular complexity index is 480. The number of benzene rings is 1. The Hall–Kier alpha value is -0.940. The minimum absolute atomic E-state index is 0. The van der Waals surface area contributed by atoms with Crippen LogP contribution in [0.2, 0.25) is 0 Å². The lowest BCUT2D eigenvalue weighted by molar-refractivity contribution is 0.166. The SMILES string of the molecule is C=CCC[C@H](c1ccc(OCC)c(OC)c1)N1CCNCC1.Cl.Cl. The number of nitrogens with zero attached hydrogens (tertiary/aromatic N) is 1. The van der Waals surface area contributed by atoms with E-state index in [1.54, 1.807) is 7.11 Å². The van der Waals surface area contributed by atoms with Crippen LogP contribution >= 0.6 is 24.8 Å². The van der Waals surface area contributed by atoms with E-state index in [1.807, 2.05) is 19.1 Å². The first kappa shape index (κ1) is 23.1. The topological polar surface area (TPSA) is 33.7 Å². The molecule has 1 saturated heterocycles. The normalized spacial score (nSPS) is 15.6. The third-order valence-corrected chi connectivity index (χ3v) is 4.11. The lowest BCUT2D eigenvalue weighted by Crippen LogP contribution is -2.45. The highest BCUT2D eigenvalue weighted by Crippen LogP contribution is 2.34. The zero-order valence-corrected chi connectivity index (χ0v) is 16.3. The molecule has 1 aliphatic rings. The molecule has 2 rings (SSSR count). The molecule has 138 valence electrons. The summed E-state index contributed by atoms with van der Waals surface area (Å²) in [5.41, 5.74) is 1.30. The number of hydrogen-bond acceptors (Lipinski definition) is 4. The van der Waals surface area contributed by atoms with Crippen LogP contribution < -0.4 is 14.8 Å². The van der Waals surface area contributed by atoms with Crippen LogP contribution in [0.4, 0.5) is 0 Å². The van der Waals surface area contributed by atoms with Crippen molar-refractivity contribution in [2.24, 2.45) is 0 Å². The molecular formula is C18H30Cl2N2O2. The average molecular weight is 377 g/mol. The van der Waals surface area contributed by atoms with Gasteiger partial charge in [0.1, 0.15) is 0 Å². The highest BCUT2D eigenvalue weighted by molar-refractivity contribution is 5.85. The van der Waals surface area contributed by atoms with E-state index in [4.69, 9.17) is 9.47 Å². The van der Waals surface area contributed by atoms with E-state index in [0.29, 0.717) is 12.6 Å². The van der Waals surface area contributed by atoms with E-state index >= 15 is 0 Å². The molecule has 1 aromatic rings. The van der Waals surface area contributed by atoms with Gasteiger partial charge in [-0.1, -0.05) is 12.1 Å². The Morgan fingerprint density at radius 1 is 1.25 bits per heavy atom. The third kappa shape index (κ3) is 6.17. The summed E-state index contributed by atoms with van der Waals surface area (Å²) in [6.45, 7) is 10.8. The molecule has 24 heavy (non-hydrogen) atoms. The second-order valence-corrected chi connectivity index (χ2v) is 5.51. The zero-order valence-electron chi connectivity index (χ0n) is 14.6. The number of piperazine rings is 1. The fraction of sp³-hybridized carbons (Fsp3) is 0.556. The van der Waals surface area contributed by atoms with Gasteiger partial charge in [-0.3, -0.25) is 4.90 Å². The fourth-order valence-electron chi connectivity index (χ4n) is 3.00. The van der Waals surface area contributed by atoms with E-state index in [9.17, 15) is 0 Å². The molecular weight excluding hydrogens is 347 g/mol. The van der Waals surface area contributed by atoms with Gasteiger partial charge in [0, 0.05) is 32.2 Å². The van der Waals surface area contributed by atoms with Crippen LogP contribution in [0, 0.1) is 0 Å². The number of nitrogens with one attached hydrogen (secondary N) is 1. The number of ether oxygens (including phenoxy) is 2. The highest BCUT2D eigenvalue weighted by atomic mass is 35.5. The minimum atomic E-state index is 0. The van der Waals surface area contributed by atoms with Crippen LogP contribution in [-0.4, -0.2) is 44.8 Å². The molecule has 1 fully saturated rings. The van der Waals surface area contributed by atoms with Gasteiger partial charge in [-0.05, 0) is 37.5 Å². The molecule has 0 bridgehead atoms. The second-order valence-electron chi connectivity index (χ2n) is 5.51. The quantitative estimate of drug-likeness (QED) is 0.698. The predicted molar refractivity (Wildman–Crippen MR) is 105 cm³/mol. The Morgan fingerprint density at radius 2 is 1.96 bits per heavy atom. The van der Waals surface area contributed by atoms with Crippen molar-refractivity contribution in [1.29, 1.82) is 0 Å². The second kappa shape index (κ2) is 12.4. The molecule has 0 saturated carbocycles. The number of rotatable bonds is 8. The van der Waals surface area contributed by atoms with Crippen molar-refractivity contribution < 1.29 is 9.47 Å². The highest BCUT2D eigenvalue weighted by Gasteiger charge is 2.22. The Morgan fingerprint density at radius 3 is 2.54 bits per heavy atom. The van der Waals surface area contributed by atoms with E-state index in [1.165, 1.54) is 5.56 Å². The molecule has 1 atom stereocenters. The summed E-state index contributed by atoms with van der Waals surface area (Å²) < 4.78 is 11.1. The van der Waals surface area contributed by atoms with Crippen molar-refractivity contribution >= 4 is 24.8 Å². The molecule has 6 heteroatoms. The van der Waals surface area contributed by atoms with Crippen LogP contribution in [0.1, 0.15) is 31.4 Å². The van der Waals surface area contributed by atoms with Gasteiger partial charge in [-0.25, -0.2) is 0 Å². The maximum atomic E-state index is 5.62. The van der Waals surface area contributed by atoms with Gasteiger partial charge in [-0.15, -0.1) is 31.4 Å². The van der Waals surface area contributed by atoms with Gasteiger partial charge in [0.15, 0.2) is 11.5 Å². The maximum absolute atomic E-state index is 5.62. The van der Waals surface area contributed by atoms with Gasteiger partial charge in [-0.2, -0.15) is 0 Å². The fourth-order valence-corrected chi connectivity index (χ4v) is 3.00. The number of halogens is 2. The van der Waals surface area contributed by atoms with Crippen LogP contribution in [0.5, 0.6) is 11.5 Å². The van der Waals surface area contributed by atoms with Gasteiger partial charge in [0.05, 0.1) is 13.7 Å². The van der Waals surface area contributed by atoms with Crippen molar-refractivity contribution in [3.8, 4) is 11.5 Å². The summed E-state index contributed by atoms with van der Waals surface area (Å²) in [7, 11) is 1.70. The largest absolute Gasteiger partial charge is 0.493 e. The Kier molecular flexibility index (Phi) is 11.9. The number of methoxy groups -OCH3 is 1. The van der Waals surface area contributed by atoms with Crippen molar-refractivity contribution in [3.63, 3.8) is 0 Å². The number of allylic oxidation sites excluding steroid dienone is 1. The molecule has 1 heterocycles. The molecule has 0 aliphatic carbocycles. The molecule has 1 aromatic carbocycles. The van der Waals surface area contributed by atoms with Crippen LogP contribution in [-0.2, 0) is 0 Å². The van der Waals surface area contributed by atoms with E-state index < -0.39 is 0 Å². The van der Waals surface area contributed by atoms with Crippen molar-refractivity contribution in [2.75, 3.05) is 39.9 Å². The minimum Gasteiger partial charge on any atom is -0.493 e. The van der Waals surface area contributed by atoms with Crippen molar-refractivity contribution in [3.05, 3.63) is 36.4 Å². The molecule has 1 aliphatic heterocycles. The lowest BCUT2D eigenvalue weighted by Gasteiger charge is -2.35. The first-order chi connectivity index (χ1) is 10.8. The lowest BCUT2D eigenvalue weighted by atomic mass is 9.99. The smallest absolute Gasteiger partial charge is 0.161 e. The molecule has 0 aromatic heterocycles. The van der Waals surface area contributed by atoms with E-state index in [-0.39, 0.29) is 24.8 Å². The van der Waals surface area contributed by atoms with Crippen LogP contribution in [0.3, 0.4) is 0 Å². The summed E-state index contributed by atoms with van der Waals surface area (Å²) in [4.78, 5) is 2.55. The van der Waals surface area contributed by atoms with Crippen LogP contribution in [0.25, 0.3) is 0 Å². The zero-order chi connectivity index (χ0) is 15.8. The monoisotopic (exact) mass is 376 g/mol. The van der Waals surface area contributed by atoms with Gasteiger partial charge >= 0.3 is 0 Å². The molecule has 4 nitrogen and oxygen atoms in total. The Labute approximate surface area is 158 Å². The summed E-state index contributed by atoms with van der Waals surface area (Å²) in [5.74, 6) is 1.63. The van der Waals surface area contributed by atoms with Crippen molar-refractivity contribution in [2.45, 2.75) is 25.8 Å². The van der Waals surface area contributed by atoms with E-state index in [2.05, 4.69) is 28.9 Å². The maximum Gasteiger partial charge on any atom is 0.161 e. The Balaban J connectivity index is 0.00000264. The van der Waals surface area contributed by atoms with Gasteiger partial charge < -0.3 is 14.8 Å². The standard InChI is InChI=1S/C18H28N2O2.2ClH/c1-4-6-7-16(20-12-10-19-11-13-20)15-8-9-17(22-5-2)18(14-15)21-3;;/h4,8-9,14,16,19H,1,5-7,10-13H2,2-3H3;2*1H/t16-;;/m1../s1. The molecule has 1 N–H and O–H groups in total. The summed E-state index contributed by atoms with van der Waals surface area (Å²) in [5, 5.41) is 3.42. The first-order valence-electron chi connectivity index (χ1n) is 8.16. The summed E-state index contributed by atoms with van der Waals surface area (Å²) in [6.07, 6.45) is 4.10. The van der Waals surface area contributed by atoms with Gasteiger partial charge in [0.2, 0.25) is 0 Å². The third-order valence-electron chi connectivity index (χ3n) is 4.11. The molecule has 0 amide bonds. The van der Waals surface area contributed by atoms with Gasteiger partial charge in [0.25, 0.3) is 0 Å². The number of hydrogen-bond donors (Lipinski definition) is 1. The summed E-state index contributed by atoms with van der Waals surface area (Å²) >= 11 is 0. The first-order valence-corrected chi connectivity index (χ1v) is 8.16.